The topological polar surface area (TPSA) is 61.4 Å². The highest BCUT2D eigenvalue weighted by Crippen LogP contribution is 2.32. The highest BCUT2D eigenvalue weighted by Gasteiger charge is 2.52. The van der Waals surface area contributed by atoms with E-state index in [0.29, 0.717) is 35.3 Å². The Kier molecular flexibility index (Phi) is 6.59. The first kappa shape index (κ1) is 25.1. The number of alkyl halides is 4. The molecule has 192 valence electrons. The maximum Gasteiger partial charge on any atom is 0.416 e. The van der Waals surface area contributed by atoms with E-state index in [1.807, 2.05) is 0 Å². The number of rotatable bonds is 6. The third kappa shape index (κ3) is 4.89. The van der Waals surface area contributed by atoms with Crippen molar-refractivity contribution in [3.8, 4) is 11.1 Å². The van der Waals surface area contributed by atoms with E-state index < -0.39 is 23.5 Å². The van der Waals surface area contributed by atoms with Gasteiger partial charge in [0.05, 0.1) is 5.56 Å². The summed E-state index contributed by atoms with van der Waals surface area (Å²) in [6, 6.07) is 19.7. The lowest BCUT2D eigenvalue weighted by molar-refractivity contribution is -0.137. The van der Waals surface area contributed by atoms with Crippen LogP contribution >= 0.6 is 0 Å². The Hall–Kier alpha value is -3.56. The molecule has 0 spiro atoms. The van der Waals surface area contributed by atoms with Crippen molar-refractivity contribution in [2.24, 2.45) is 0 Å². The van der Waals surface area contributed by atoms with E-state index >= 15 is 0 Å². The zero-order chi connectivity index (χ0) is 26.2. The van der Waals surface area contributed by atoms with Crippen LogP contribution in [0.3, 0.4) is 0 Å². The number of likely N-dealkylation sites (tertiary alicyclic amines) is 1. The summed E-state index contributed by atoms with van der Waals surface area (Å²) in [6.45, 7) is 0.845. The summed E-state index contributed by atoms with van der Waals surface area (Å²) in [6.07, 6.45) is -5.84. The number of hydrogen-bond donors (Lipinski definition) is 2. The van der Waals surface area contributed by atoms with E-state index in [0.717, 1.165) is 12.1 Å². The van der Waals surface area contributed by atoms with Crippen LogP contribution in [0.15, 0.2) is 78.9 Å². The number of nitrogens with zero attached hydrogens (tertiary/aromatic N) is 1. The number of carbonyl (C=O) groups excluding carboxylic acids is 2. The third-order valence-electron chi connectivity index (χ3n) is 6.99. The molecule has 2 atom stereocenters. The molecule has 0 saturated carbocycles. The molecule has 0 radical (unpaired) electrons. The molecule has 37 heavy (non-hydrogen) atoms. The highest BCUT2D eigenvalue weighted by molar-refractivity contribution is 6.04. The monoisotopic (exact) mass is 511 g/mol. The van der Waals surface area contributed by atoms with Crippen LogP contribution in [-0.2, 0) is 6.18 Å². The number of halogens is 4. The number of Topliss-reactive ketones (excluding diaryl/α,β-unsaturated/α-hetero) is 1. The van der Waals surface area contributed by atoms with Crippen molar-refractivity contribution in [1.29, 1.82) is 0 Å². The van der Waals surface area contributed by atoms with Crippen molar-refractivity contribution >= 4 is 11.7 Å². The van der Waals surface area contributed by atoms with Gasteiger partial charge in [-0.25, -0.2) is 4.39 Å². The lowest BCUT2D eigenvalue weighted by Gasteiger charge is -2.44. The SMILES string of the molecule is O=C(c1ccc(-c2cccc(C(F)(F)F)c2)cc1)N1CC(N[C@]2(C(=O)c3ccccc3)CNCC2F)C1. The first-order chi connectivity index (χ1) is 17.7. The molecule has 1 unspecified atom stereocenters. The highest BCUT2D eigenvalue weighted by atomic mass is 19.4. The van der Waals surface area contributed by atoms with Crippen LogP contribution in [0.1, 0.15) is 26.3 Å². The summed E-state index contributed by atoms with van der Waals surface area (Å²) in [5.74, 6) is -0.556. The summed E-state index contributed by atoms with van der Waals surface area (Å²) in [5, 5.41) is 6.14. The first-order valence-corrected chi connectivity index (χ1v) is 12.0. The minimum atomic E-state index is -4.44. The van der Waals surface area contributed by atoms with Gasteiger partial charge in [-0.05, 0) is 35.4 Å². The van der Waals surface area contributed by atoms with Gasteiger partial charge in [0.1, 0.15) is 11.7 Å². The summed E-state index contributed by atoms with van der Waals surface area (Å²) in [7, 11) is 0. The molecule has 0 aromatic heterocycles. The molecule has 2 aliphatic heterocycles. The Labute approximate surface area is 211 Å². The van der Waals surface area contributed by atoms with Crippen LogP contribution in [0.5, 0.6) is 0 Å². The van der Waals surface area contributed by atoms with Gasteiger partial charge >= 0.3 is 6.18 Å². The summed E-state index contributed by atoms with van der Waals surface area (Å²) in [5.41, 5.74) is -0.338. The molecule has 2 heterocycles. The van der Waals surface area contributed by atoms with Gasteiger partial charge < -0.3 is 10.2 Å². The molecule has 3 aromatic rings. The van der Waals surface area contributed by atoms with Crippen LogP contribution < -0.4 is 10.6 Å². The van der Waals surface area contributed by atoms with Crippen LogP contribution in [0.2, 0.25) is 0 Å². The third-order valence-corrected chi connectivity index (χ3v) is 6.99. The summed E-state index contributed by atoms with van der Waals surface area (Å²) in [4.78, 5) is 27.8. The summed E-state index contributed by atoms with van der Waals surface area (Å²) < 4.78 is 54.1. The molecule has 5 rings (SSSR count). The van der Waals surface area contributed by atoms with Gasteiger partial charge in [0.25, 0.3) is 5.91 Å². The van der Waals surface area contributed by atoms with E-state index in [2.05, 4.69) is 10.6 Å². The van der Waals surface area contributed by atoms with Crippen molar-refractivity contribution in [1.82, 2.24) is 15.5 Å². The molecule has 2 aliphatic rings. The maximum absolute atomic E-state index is 15.0. The van der Waals surface area contributed by atoms with Crippen LogP contribution in [-0.4, -0.2) is 60.5 Å². The maximum atomic E-state index is 15.0. The molecule has 5 nitrogen and oxygen atoms in total. The second-order valence-corrected chi connectivity index (χ2v) is 9.47. The van der Waals surface area contributed by atoms with Gasteiger partial charge in [0, 0.05) is 43.3 Å². The number of carbonyl (C=O) groups is 2. The smallest absolute Gasteiger partial charge is 0.335 e. The van der Waals surface area contributed by atoms with E-state index in [-0.39, 0.29) is 30.8 Å². The molecule has 2 saturated heterocycles. The normalized spacial score (nSPS) is 22.1. The number of amides is 1. The Balaban J connectivity index is 1.24. The quantitative estimate of drug-likeness (QED) is 0.382. The number of nitrogens with one attached hydrogen (secondary N) is 2. The van der Waals surface area contributed by atoms with Crippen molar-refractivity contribution in [3.05, 3.63) is 95.6 Å². The van der Waals surface area contributed by atoms with Gasteiger partial charge in [-0.15, -0.1) is 0 Å². The van der Waals surface area contributed by atoms with Gasteiger partial charge in [-0.2, -0.15) is 13.2 Å². The molecule has 3 aromatic carbocycles. The average Bonchev–Trinajstić information content (AvgIpc) is 3.26. The minimum absolute atomic E-state index is 0.0686. The molecule has 9 heteroatoms. The molecule has 0 aliphatic carbocycles. The first-order valence-electron chi connectivity index (χ1n) is 12.0. The molecular weight excluding hydrogens is 486 g/mol. The van der Waals surface area contributed by atoms with Gasteiger partial charge in [-0.1, -0.05) is 54.6 Å². The average molecular weight is 512 g/mol. The standard InChI is InChI=1S/C28H25F4N3O2/c29-24-14-33-17-27(24,25(36)19-5-2-1-3-6-19)34-23-15-35(16-23)26(37)20-11-9-18(10-12-20)21-7-4-8-22(13-21)28(30,31)32/h1-13,23-24,33-34H,14-17H2/t24?,27-/m1/s1. The predicted molar refractivity (Wildman–Crippen MR) is 131 cm³/mol. The van der Waals surface area contributed by atoms with Gasteiger partial charge in [0.2, 0.25) is 0 Å². The van der Waals surface area contributed by atoms with E-state index in [4.69, 9.17) is 0 Å². The van der Waals surface area contributed by atoms with E-state index in [1.54, 1.807) is 65.6 Å². The minimum Gasteiger partial charge on any atom is -0.335 e. The molecular formula is C28H25F4N3O2. The van der Waals surface area contributed by atoms with E-state index in [9.17, 15) is 27.2 Å². The molecule has 2 N–H and O–H groups in total. The van der Waals surface area contributed by atoms with Crippen molar-refractivity contribution in [2.75, 3.05) is 26.2 Å². The largest absolute Gasteiger partial charge is 0.416 e. The van der Waals surface area contributed by atoms with Crippen LogP contribution in [0.4, 0.5) is 17.6 Å². The van der Waals surface area contributed by atoms with Gasteiger partial charge in [0.15, 0.2) is 5.78 Å². The van der Waals surface area contributed by atoms with Crippen LogP contribution in [0.25, 0.3) is 11.1 Å². The number of hydrogen-bond acceptors (Lipinski definition) is 4. The molecule has 2 fully saturated rings. The fraction of sp³-hybridized carbons (Fsp3) is 0.286. The lowest BCUT2D eigenvalue weighted by Crippen LogP contribution is -2.70. The van der Waals surface area contributed by atoms with Crippen LogP contribution in [0, 0.1) is 0 Å². The Morgan fingerprint density at radius 1 is 0.892 bits per heavy atom. The fourth-order valence-corrected chi connectivity index (χ4v) is 4.92. The molecule has 0 bridgehead atoms. The van der Waals surface area contributed by atoms with E-state index in [1.165, 1.54) is 6.07 Å². The second-order valence-electron chi connectivity index (χ2n) is 9.47. The fourth-order valence-electron chi connectivity index (χ4n) is 4.92. The zero-order valence-electron chi connectivity index (χ0n) is 19.8. The number of benzene rings is 3. The zero-order valence-corrected chi connectivity index (χ0v) is 19.8. The van der Waals surface area contributed by atoms with Gasteiger partial charge in [-0.3, -0.25) is 14.9 Å². The Bertz CT molecular complexity index is 1290. The predicted octanol–water partition coefficient (Wildman–Crippen LogP) is 4.35. The Morgan fingerprint density at radius 3 is 2.22 bits per heavy atom. The number of ketones is 1. The van der Waals surface area contributed by atoms with Crippen molar-refractivity contribution < 1.29 is 27.2 Å². The summed E-state index contributed by atoms with van der Waals surface area (Å²) >= 11 is 0. The Morgan fingerprint density at radius 2 is 1.59 bits per heavy atom. The van der Waals surface area contributed by atoms with Crippen molar-refractivity contribution in [2.45, 2.75) is 23.9 Å². The lowest BCUT2D eigenvalue weighted by atomic mass is 9.85. The molecule has 1 amide bonds. The second kappa shape index (κ2) is 9.72. The van der Waals surface area contributed by atoms with Crippen molar-refractivity contribution in [3.63, 3.8) is 0 Å².